The molecule has 2 nitrogen and oxygen atoms in total. The van der Waals surface area contributed by atoms with E-state index >= 15 is 0 Å². The third-order valence-corrected chi connectivity index (χ3v) is 8.79. The highest BCUT2D eigenvalue weighted by Crippen LogP contribution is 2.21. The Balaban J connectivity index is 4.56. The zero-order chi connectivity index (χ0) is 21.2. The van der Waals surface area contributed by atoms with Crippen molar-refractivity contribution in [1.29, 1.82) is 0 Å². The largest absolute Gasteiger partial charge is 0.487 e. The van der Waals surface area contributed by atoms with Crippen molar-refractivity contribution >= 4 is 14.5 Å². The second-order valence-corrected chi connectivity index (χ2v) is 12.0. The molecule has 3 heteroatoms. The Morgan fingerprint density at radius 1 is 0.607 bits per heavy atom. The highest BCUT2D eigenvalue weighted by atomic mass is 27.2. The van der Waals surface area contributed by atoms with Crippen LogP contribution in [0.25, 0.3) is 0 Å². The van der Waals surface area contributed by atoms with Gasteiger partial charge in [-0.2, -0.15) is 0 Å². The molecule has 0 radical (unpaired) electrons. The lowest BCUT2D eigenvalue weighted by molar-refractivity contribution is -0.0235. The van der Waals surface area contributed by atoms with Crippen molar-refractivity contribution in [3.05, 3.63) is 0 Å². The molecule has 0 heterocycles. The molecule has 0 spiro atoms. The molecule has 28 heavy (non-hydrogen) atoms. The SMILES string of the molecule is CCCCCCC[CH2][Al]([CH2]CCCCCCC)[O]C(CC)N(C(C)C)C(C)C. The standard InChI is InChI=1S/C9H20NO.2C8H17.Al/c1-6-9(11)10(7(2)3)8(4)5;2*1-3-5-7-8-6-4-2;/h7-9H,6H2,1-5H3;2*1,3-8H2,2H3;/q-1;;;+1. The van der Waals surface area contributed by atoms with Crippen molar-refractivity contribution < 1.29 is 3.79 Å². The highest BCUT2D eigenvalue weighted by molar-refractivity contribution is 6.51. The van der Waals surface area contributed by atoms with Gasteiger partial charge in [0.25, 0.3) is 0 Å². The summed E-state index contributed by atoms with van der Waals surface area (Å²) in [7, 11) is 0. The summed E-state index contributed by atoms with van der Waals surface area (Å²) in [5.41, 5.74) is 0. The lowest BCUT2D eigenvalue weighted by Gasteiger charge is -2.39. The number of rotatable bonds is 20. The average molecular weight is 412 g/mol. The van der Waals surface area contributed by atoms with Gasteiger partial charge < -0.3 is 3.79 Å². The van der Waals surface area contributed by atoms with Crippen LogP contribution in [-0.4, -0.2) is 37.7 Å². The summed E-state index contributed by atoms with van der Waals surface area (Å²) < 4.78 is 6.90. The van der Waals surface area contributed by atoms with E-state index in [1.807, 2.05) is 0 Å². The van der Waals surface area contributed by atoms with Crippen molar-refractivity contribution in [1.82, 2.24) is 4.90 Å². The fourth-order valence-electron chi connectivity index (χ4n) is 4.45. The fraction of sp³-hybridized carbons (Fsp3) is 1.00. The maximum atomic E-state index is 6.90. The summed E-state index contributed by atoms with van der Waals surface area (Å²) in [6.45, 7) is 16.2. The first kappa shape index (κ1) is 28.5. The van der Waals surface area contributed by atoms with Crippen molar-refractivity contribution in [2.45, 2.75) is 161 Å². The Hall–Kier alpha value is 0.452. The summed E-state index contributed by atoms with van der Waals surface area (Å²) >= 11 is -1.11. The molecule has 0 fully saturated rings. The van der Waals surface area contributed by atoms with E-state index in [-0.39, 0.29) is 0 Å². The lowest BCUT2D eigenvalue weighted by Crippen LogP contribution is -2.48. The first-order valence-electron chi connectivity index (χ1n) is 12.9. The zero-order valence-corrected chi connectivity index (χ0v) is 21.9. The fourth-order valence-corrected chi connectivity index (χ4v) is 7.27. The summed E-state index contributed by atoms with van der Waals surface area (Å²) in [6, 6.07) is 1.12. The van der Waals surface area contributed by atoms with Gasteiger partial charge in [-0.05, 0) is 34.1 Å². The van der Waals surface area contributed by atoms with Crippen LogP contribution in [0.2, 0.25) is 10.6 Å². The highest BCUT2D eigenvalue weighted by Gasteiger charge is 2.29. The monoisotopic (exact) mass is 411 g/mol. The smallest absolute Gasteiger partial charge is 0.461 e. The van der Waals surface area contributed by atoms with Crippen LogP contribution in [0.5, 0.6) is 0 Å². The predicted molar refractivity (Wildman–Crippen MR) is 129 cm³/mol. The van der Waals surface area contributed by atoms with E-state index in [2.05, 4.69) is 53.4 Å². The minimum Gasteiger partial charge on any atom is -0.487 e. The minimum atomic E-state index is -1.11. The van der Waals surface area contributed by atoms with Gasteiger partial charge in [0.15, 0.2) is 0 Å². The van der Waals surface area contributed by atoms with Gasteiger partial charge in [0, 0.05) is 12.1 Å². The Morgan fingerprint density at radius 3 is 1.36 bits per heavy atom. The first-order chi connectivity index (χ1) is 13.5. The quantitative estimate of drug-likeness (QED) is 0.113. The molecule has 1 unspecified atom stereocenters. The predicted octanol–water partition coefficient (Wildman–Crippen LogP) is 8.57. The van der Waals surface area contributed by atoms with Gasteiger partial charge >= 0.3 is 14.5 Å². The molecule has 0 saturated heterocycles. The van der Waals surface area contributed by atoms with Crippen molar-refractivity contribution in [3.63, 3.8) is 0 Å². The molecule has 0 aliphatic heterocycles. The van der Waals surface area contributed by atoms with Crippen LogP contribution in [0.15, 0.2) is 0 Å². The third-order valence-electron chi connectivity index (χ3n) is 5.98. The van der Waals surface area contributed by atoms with Crippen LogP contribution >= 0.6 is 0 Å². The van der Waals surface area contributed by atoms with Gasteiger partial charge in [-0.15, -0.1) is 0 Å². The van der Waals surface area contributed by atoms with Crippen LogP contribution in [0.3, 0.4) is 0 Å². The number of unbranched alkanes of at least 4 members (excludes halogenated alkanes) is 10. The Kier molecular flexibility index (Phi) is 19.7. The molecule has 0 aliphatic carbocycles. The van der Waals surface area contributed by atoms with E-state index in [1.165, 1.54) is 87.6 Å². The molecule has 0 aromatic heterocycles. The molecule has 0 amide bonds. The second-order valence-electron chi connectivity index (χ2n) is 9.37. The van der Waals surface area contributed by atoms with Crippen LogP contribution in [0.1, 0.15) is 132 Å². The molecule has 0 N–H and O–H groups in total. The Labute approximate surface area is 183 Å². The number of hydrogen-bond acceptors (Lipinski definition) is 2. The van der Waals surface area contributed by atoms with Gasteiger partial charge in [0.2, 0.25) is 0 Å². The minimum absolute atomic E-state index is 0.330. The van der Waals surface area contributed by atoms with E-state index in [0.29, 0.717) is 18.3 Å². The zero-order valence-electron chi connectivity index (χ0n) is 20.8. The second kappa shape index (κ2) is 19.4. The molecule has 1 atom stereocenters. The van der Waals surface area contributed by atoms with Gasteiger partial charge in [-0.3, -0.25) is 4.90 Å². The maximum Gasteiger partial charge on any atom is 0.461 e. The maximum absolute atomic E-state index is 6.90. The molecule has 0 aromatic rings. The number of hydrogen-bond donors (Lipinski definition) is 0. The van der Waals surface area contributed by atoms with Crippen LogP contribution in [-0.2, 0) is 3.79 Å². The summed E-state index contributed by atoms with van der Waals surface area (Å²) in [4.78, 5) is 2.60. The molecule has 0 saturated carbocycles. The topological polar surface area (TPSA) is 12.5 Å². The molecule has 0 aliphatic rings. The Morgan fingerprint density at radius 2 is 1.00 bits per heavy atom. The molecule has 0 bridgehead atoms. The summed E-state index contributed by atoms with van der Waals surface area (Å²) in [6.07, 6.45) is 18.3. The first-order valence-corrected chi connectivity index (χ1v) is 15.0. The molecule has 0 rings (SSSR count). The van der Waals surface area contributed by atoms with Gasteiger partial charge in [0.1, 0.15) is 0 Å². The van der Waals surface area contributed by atoms with E-state index in [4.69, 9.17) is 3.79 Å². The molecule has 168 valence electrons. The summed E-state index contributed by atoms with van der Waals surface area (Å²) in [5, 5.41) is 2.78. The summed E-state index contributed by atoms with van der Waals surface area (Å²) in [5.74, 6) is 0. The van der Waals surface area contributed by atoms with Crippen molar-refractivity contribution in [2.24, 2.45) is 0 Å². The van der Waals surface area contributed by atoms with Crippen molar-refractivity contribution in [3.8, 4) is 0 Å². The third kappa shape index (κ3) is 14.4. The van der Waals surface area contributed by atoms with Gasteiger partial charge in [0.05, 0.1) is 6.23 Å². The van der Waals surface area contributed by atoms with Gasteiger partial charge in [-0.1, -0.05) is 108 Å². The van der Waals surface area contributed by atoms with E-state index in [0.717, 1.165) is 6.42 Å². The van der Waals surface area contributed by atoms with E-state index in [1.54, 1.807) is 0 Å². The van der Waals surface area contributed by atoms with Crippen LogP contribution in [0.4, 0.5) is 0 Å². The van der Waals surface area contributed by atoms with Crippen LogP contribution in [0, 0.1) is 0 Å². The van der Waals surface area contributed by atoms with E-state index in [9.17, 15) is 0 Å². The van der Waals surface area contributed by atoms with E-state index < -0.39 is 14.5 Å². The van der Waals surface area contributed by atoms with Crippen molar-refractivity contribution in [2.75, 3.05) is 0 Å². The Bertz CT molecular complexity index is 298. The molecular formula is C25H54AlNO. The van der Waals surface area contributed by atoms with Gasteiger partial charge in [-0.25, -0.2) is 0 Å². The number of nitrogens with zero attached hydrogens (tertiary/aromatic N) is 1. The van der Waals surface area contributed by atoms with Crippen LogP contribution < -0.4 is 0 Å². The molecule has 0 aromatic carbocycles. The average Bonchev–Trinajstić information content (AvgIpc) is 2.65. The normalized spacial score (nSPS) is 13.1. The molecular weight excluding hydrogens is 357 g/mol. The lowest BCUT2D eigenvalue weighted by atomic mass is 10.1.